The van der Waals surface area contributed by atoms with Gasteiger partial charge in [-0.15, -0.1) is 0 Å². The van der Waals surface area contributed by atoms with Crippen LogP contribution in [0, 0.1) is 0 Å². The Balaban J connectivity index is 3.23. The zero-order valence-electron chi connectivity index (χ0n) is 14.4. The summed E-state index contributed by atoms with van der Waals surface area (Å²) in [6.45, 7) is 2.06. The summed E-state index contributed by atoms with van der Waals surface area (Å²) in [5.41, 5.74) is 0. The van der Waals surface area contributed by atoms with E-state index in [1.165, 1.54) is 51.4 Å². The molecule has 0 heterocycles. The fourth-order valence-corrected chi connectivity index (χ4v) is 2.67. The van der Waals surface area contributed by atoms with Crippen molar-refractivity contribution in [1.29, 1.82) is 0 Å². The van der Waals surface area contributed by atoms with Crippen molar-refractivity contribution in [1.82, 2.24) is 5.32 Å². The van der Waals surface area contributed by atoms with Gasteiger partial charge in [-0.1, -0.05) is 71.1 Å². The van der Waals surface area contributed by atoms with E-state index in [0.29, 0.717) is 6.42 Å². The molecule has 0 aromatic heterocycles. The predicted octanol–water partition coefficient (Wildman–Crippen LogP) is 3.62. The molecule has 0 atom stereocenters. The Morgan fingerprint density at radius 1 is 0.913 bits per heavy atom. The van der Waals surface area contributed by atoms with Crippen LogP contribution in [-0.2, 0) is 19.4 Å². The van der Waals surface area contributed by atoms with Crippen LogP contribution in [0.2, 0.25) is 0 Å². The van der Waals surface area contributed by atoms with Gasteiger partial charge in [0.2, 0.25) is 5.91 Å². The highest BCUT2D eigenvalue weighted by molar-refractivity contribution is 7.80. The smallest absolute Gasteiger partial charge is 0.354 e. The first kappa shape index (κ1) is 22.3. The number of unbranched alkanes of at least 4 members (excludes halogenated alkanes) is 10. The summed E-state index contributed by atoms with van der Waals surface area (Å²) < 4.78 is 33.0. The van der Waals surface area contributed by atoms with Crippen LogP contribution in [0.25, 0.3) is 0 Å². The molecule has 0 rings (SSSR count). The molecule has 138 valence electrons. The van der Waals surface area contributed by atoms with Gasteiger partial charge in [0.25, 0.3) is 0 Å². The SMILES string of the molecule is CCCCCCCCCCCCCC(=O)NCCOS(=O)(=O)O. The summed E-state index contributed by atoms with van der Waals surface area (Å²) in [4.78, 5) is 11.4. The fourth-order valence-electron chi connectivity index (χ4n) is 2.38. The second-order valence-corrected chi connectivity index (χ2v) is 6.98. The van der Waals surface area contributed by atoms with Crippen LogP contribution < -0.4 is 5.32 Å². The van der Waals surface area contributed by atoms with Gasteiger partial charge in [0.1, 0.15) is 0 Å². The molecule has 0 aliphatic carbocycles. The molecule has 0 aliphatic rings. The Kier molecular flexibility index (Phi) is 14.5. The highest BCUT2D eigenvalue weighted by atomic mass is 32.3. The van der Waals surface area contributed by atoms with Gasteiger partial charge >= 0.3 is 10.4 Å². The second kappa shape index (κ2) is 14.9. The fraction of sp³-hybridized carbons (Fsp3) is 0.938. The maximum Gasteiger partial charge on any atom is 0.397 e. The lowest BCUT2D eigenvalue weighted by Gasteiger charge is -2.05. The minimum absolute atomic E-state index is 0.0800. The van der Waals surface area contributed by atoms with Gasteiger partial charge in [-0.3, -0.25) is 9.35 Å². The maximum atomic E-state index is 11.4. The molecular formula is C16H33NO5S. The third-order valence-electron chi connectivity index (χ3n) is 3.66. The van der Waals surface area contributed by atoms with E-state index in [9.17, 15) is 13.2 Å². The molecule has 23 heavy (non-hydrogen) atoms. The largest absolute Gasteiger partial charge is 0.397 e. The Morgan fingerprint density at radius 2 is 1.39 bits per heavy atom. The summed E-state index contributed by atoms with van der Waals surface area (Å²) in [6.07, 6.45) is 14.0. The molecule has 0 bridgehead atoms. The molecule has 0 aliphatic heterocycles. The van der Waals surface area contributed by atoms with Crippen LogP contribution in [0.3, 0.4) is 0 Å². The topological polar surface area (TPSA) is 92.7 Å². The number of carbonyl (C=O) groups excluding carboxylic acids is 1. The lowest BCUT2D eigenvalue weighted by Crippen LogP contribution is -2.27. The molecule has 0 fully saturated rings. The number of amides is 1. The van der Waals surface area contributed by atoms with E-state index < -0.39 is 10.4 Å². The van der Waals surface area contributed by atoms with Gasteiger partial charge in [-0.25, -0.2) is 4.18 Å². The van der Waals surface area contributed by atoms with Crippen LogP contribution in [0.15, 0.2) is 0 Å². The summed E-state index contributed by atoms with van der Waals surface area (Å²) in [5, 5.41) is 2.55. The van der Waals surface area contributed by atoms with Crippen molar-refractivity contribution in [2.24, 2.45) is 0 Å². The highest BCUT2D eigenvalue weighted by Gasteiger charge is 2.05. The normalized spacial score (nSPS) is 11.6. The van der Waals surface area contributed by atoms with Crippen molar-refractivity contribution < 1.29 is 21.9 Å². The van der Waals surface area contributed by atoms with E-state index >= 15 is 0 Å². The first-order valence-corrected chi connectivity index (χ1v) is 10.2. The van der Waals surface area contributed by atoms with Crippen molar-refractivity contribution >= 4 is 16.3 Å². The highest BCUT2D eigenvalue weighted by Crippen LogP contribution is 2.11. The standard InChI is InChI=1S/C16H33NO5S/c1-2-3-4-5-6-7-8-9-10-11-12-13-16(18)17-14-15-22-23(19,20)21/h2-15H2,1H3,(H,17,18)(H,19,20,21). The van der Waals surface area contributed by atoms with Gasteiger partial charge in [-0.05, 0) is 6.42 Å². The number of hydrogen-bond acceptors (Lipinski definition) is 4. The summed E-state index contributed by atoms with van der Waals surface area (Å²) >= 11 is 0. The molecule has 0 unspecified atom stereocenters. The van der Waals surface area contributed by atoms with Crippen molar-refractivity contribution in [3.05, 3.63) is 0 Å². The van der Waals surface area contributed by atoms with E-state index in [2.05, 4.69) is 16.4 Å². The number of hydrogen-bond donors (Lipinski definition) is 2. The van der Waals surface area contributed by atoms with Crippen LogP contribution in [0.1, 0.15) is 84.0 Å². The zero-order chi connectivity index (χ0) is 17.4. The molecule has 2 N–H and O–H groups in total. The molecule has 7 heteroatoms. The lowest BCUT2D eigenvalue weighted by atomic mass is 10.1. The summed E-state index contributed by atoms with van der Waals surface area (Å²) in [7, 11) is -4.41. The van der Waals surface area contributed by atoms with Crippen molar-refractivity contribution in [3.8, 4) is 0 Å². The van der Waals surface area contributed by atoms with Crippen LogP contribution in [0.5, 0.6) is 0 Å². The molecule has 0 saturated heterocycles. The summed E-state index contributed by atoms with van der Waals surface area (Å²) in [6, 6.07) is 0. The van der Waals surface area contributed by atoms with E-state index in [1.54, 1.807) is 0 Å². The zero-order valence-corrected chi connectivity index (χ0v) is 15.2. The van der Waals surface area contributed by atoms with Crippen molar-refractivity contribution in [3.63, 3.8) is 0 Å². The van der Waals surface area contributed by atoms with E-state index in [-0.39, 0.29) is 19.1 Å². The molecule has 0 aromatic rings. The maximum absolute atomic E-state index is 11.4. The van der Waals surface area contributed by atoms with Crippen molar-refractivity contribution in [2.75, 3.05) is 13.2 Å². The van der Waals surface area contributed by atoms with Crippen LogP contribution in [-0.4, -0.2) is 32.0 Å². The Bertz CT molecular complexity index is 384. The summed E-state index contributed by atoms with van der Waals surface area (Å²) in [5.74, 6) is -0.111. The molecule has 0 saturated carbocycles. The minimum atomic E-state index is -4.41. The molecule has 0 spiro atoms. The van der Waals surface area contributed by atoms with E-state index in [4.69, 9.17) is 4.55 Å². The van der Waals surface area contributed by atoms with Crippen LogP contribution >= 0.6 is 0 Å². The number of carbonyl (C=O) groups is 1. The molecule has 0 radical (unpaired) electrons. The quantitative estimate of drug-likeness (QED) is 0.327. The number of nitrogens with one attached hydrogen (secondary N) is 1. The van der Waals surface area contributed by atoms with Gasteiger partial charge in [-0.2, -0.15) is 8.42 Å². The average Bonchev–Trinajstić information content (AvgIpc) is 2.48. The van der Waals surface area contributed by atoms with Crippen LogP contribution in [0.4, 0.5) is 0 Å². The molecule has 0 aromatic carbocycles. The number of rotatable bonds is 16. The van der Waals surface area contributed by atoms with Gasteiger partial charge in [0.15, 0.2) is 0 Å². The predicted molar refractivity (Wildman–Crippen MR) is 91.6 cm³/mol. The average molecular weight is 352 g/mol. The lowest BCUT2D eigenvalue weighted by molar-refractivity contribution is -0.121. The van der Waals surface area contributed by atoms with Crippen molar-refractivity contribution in [2.45, 2.75) is 84.0 Å². The molecule has 1 amide bonds. The third-order valence-corrected chi connectivity index (χ3v) is 4.13. The van der Waals surface area contributed by atoms with E-state index in [1.807, 2.05) is 0 Å². The van der Waals surface area contributed by atoms with Gasteiger partial charge in [0.05, 0.1) is 6.61 Å². The Hall–Kier alpha value is -0.660. The monoisotopic (exact) mass is 351 g/mol. The minimum Gasteiger partial charge on any atom is -0.354 e. The molecular weight excluding hydrogens is 318 g/mol. The molecule has 6 nitrogen and oxygen atoms in total. The van der Waals surface area contributed by atoms with E-state index in [0.717, 1.165) is 19.3 Å². The van der Waals surface area contributed by atoms with Gasteiger partial charge in [0, 0.05) is 13.0 Å². The first-order chi connectivity index (χ1) is 11.0. The third kappa shape index (κ3) is 19.3. The second-order valence-electron chi connectivity index (χ2n) is 5.89. The first-order valence-electron chi connectivity index (χ1n) is 8.84. The van der Waals surface area contributed by atoms with Gasteiger partial charge < -0.3 is 5.32 Å². The Morgan fingerprint density at radius 3 is 1.87 bits per heavy atom. The Labute approximate surface area is 141 Å².